The van der Waals surface area contributed by atoms with E-state index in [9.17, 15) is 24.3 Å². The summed E-state index contributed by atoms with van der Waals surface area (Å²) in [6, 6.07) is -4.04. The largest absolute Gasteiger partial charge is 0.480 e. The third-order valence-electron chi connectivity index (χ3n) is 4.43. The van der Waals surface area contributed by atoms with E-state index in [0.717, 1.165) is 0 Å². The second kappa shape index (κ2) is 16.1. The zero-order chi connectivity index (χ0) is 24.7. The maximum atomic E-state index is 12.7. The lowest BCUT2D eigenvalue weighted by atomic mass is 10.1. The van der Waals surface area contributed by atoms with Crippen LogP contribution in [0.4, 0.5) is 0 Å². The molecule has 0 heterocycles. The highest BCUT2D eigenvalue weighted by Gasteiger charge is 2.28. The van der Waals surface area contributed by atoms with Crippen molar-refractivity contribution in [1.29, 1.82) is 0 Å². The minimum atomic E-state index is -1.23. The van der Waals surface area contributed by atoms with Gasteiger partial charge in [0.25, 0.3) is 0 Å². The molecule has 0 aromatic heterocycles. The van der Waals surface area contributed by atoms with Crippen LogP contribution in [0.1, 0.15) is 39.0 Å². The molecule has 0 bridgehead atoms. The number of hydrogen-bond acceptors (Lipinski definition) is 8. The Labute approximate surface area is 192 Å². The maximum Gasteiger partial charge on any atom is 0.326 e. The van der Waals surface area contributed by atoms with Crippen molar-refractivity contribution in [2.24, 2.45) is 27.9 Å². The van der Waals surface area contributed by atoms with E-state index >= 15 is 0 Å². The van der Waals surface area contributed by atoms with Gasteiger partial charge in [0, 0.05) is 12.3 Å². The Morgan fingerprint density at radius 1 is 0.938 bits per heavy atom. The number of aliphatic carboxylic acids is 1. The molecule has 0 aliphatic heterocycles. The highest BCUT2D eigenvalue weighted by molar-refractivity contribution is 7.80. The standard InChI is InChI=1S/C18H36N8O5S/c1-10(24-15(28)11(20)9-32)14(27)25-12(5-2-3-7-19)16(29)26-13(17(30)31)6-4-8-23-18(21)22/h10-13,32H,2-9,19-20H2,1H3,(H,24,28)(H,25,27)(H,26,29)(H,30,31)(H4,21,22,23). The molecule has 0 saturated heterocycles. The van der Waals surface area contributed by atoms with E-state index in [0.29, 0.717) is 25.8 Å². The van der Waals surface area contributed by atoms with Crippen molar-refractivity contribution in [3.8, 4) is 0 Å². The molecule has 4 atom stereocenters. The van der Waals surface area contributed by atoms with Crippen molar-refractivity contribution in [1.82, 2.24) is 16.0 Å². The Bertz CT molecular complexity index is 659. The molecular formula is C18H36N8O5S. The van der Waals surface area contributed by atoms with Crippen LogP contribution in [0.2, 0.25) is 0 Å². The monoisotopic (exact) mass is 476 g/mol. The molecule has 32 heavy (non-hydrogen) atoms. The van der Waals surface area contributed by atoms with Crippen LogP contribution in [-0.2, 0) is 19.2 Å². The van der Waals surface area contributed by atoms with Gasteiger partial charge in [0.2, 0.25) is 17.7 Å². The van der Waals surface area contributed by atoms with Gasteiger partial charge in [-0.2, -0.15) is 12.6 Å². The smallest absolute Gasteiger partial charge is 0.326 e. The number of carboxylic acid groups (broad SMARTS) is 1. The molecule has 12 N–H and O–H groups in total. The number of aliphatic imine (C=N–C) groups is 1. The van der Waals surface area contributed by atoms with Crippen LogP contribution in [0.3, 0.4) is 0 Å². The highest BCUT2D eigenvalue weighted by atomic mass is 32.1. The summed E-state index contributed by atoms with van der Waals surface area (Å²) in [5.41, 5.74) is 21.5. The molecule has 3 amide bonds. The predicted molar refractivity (Wildman–Crippen MR) is 124 cm³/mol. The number of thiol groups is 1. The van der Waals surface area contributed by atoms with E-state index in [2.05, 4.69) is 33.6 Å². The molecule has 0 fully saturated rings. The molecule has 0 spiro atoms. The lowest BCUT2D eigenvalue weighted by Gasteiger charge is -2.23. The molecular weight excluding hydrogens is 440 g/mol. The van der Waals surface area contributed by atoms with Gasteiger partial charge in [-0.3, -0.25) is 19.4 Å². The summed E-state index contributed by atoms with van der Waals surface area (Å²) < 4.78 is 0. The average Bonchev–Trinajstić information content (AvgIpc) is 2.73. The Balaban J connectivity index is 5.09. The molecule has 0 aromatic rings. The second-order valence-corrected chi connectivity index (χ2v) is 7.58. The first kappa shape index (κ1) is 29.4. The number of carbonyl (C=O) groups is 4. The number of nitrogens with two attached hydrogens (primary N) is 4. The van der Waals surface area contributed by atoms with Crippen LogP contribution >= 0.6 is 12.6 Å². The first-order valence-corrected chi connectivity index (χ1v) is 10.9. The summed E-state index contributed by atoms with van der Waals surface area (Å²) in [5, 5.41) is 16.8. The van der Waals surface area contributed by atoms with E-state index in [1.165, 1.54) is 6.92 Å². The zero-order valence-electron chi connectivity index (χ0n) is 18.3. The van der Waals surface area contributed by atoms with Crippen LogP contribution < -0.4 is 38.9 Å². The number of carboxylic acids is 1. The molecule has 0 rings (SSSR count). The van der Waals surface area contributed by atoms with Crippen molar-refractivity contribution in [2.45, 2.75) is 63.2 Å². The molecule has 0 radical (unpaired) electrons. The van der Waals surface area contributed by atoms with Gasteiger partial charge in [0.15, 0.2) is 5.96 Å². The van der Waals surface area contributed by atoms with Crippen LogP contribution in [0, 0.1) is 0 Å². The predicted octanol–water partition coefficient (Wildman–Crippen LogP) is -3.01. The lowest BCUT2D eigenvalue weighted by Crippen LogP contribution is -2.56. The average molecular weight is 477 g/mol. The van der Waals surface area contributed by atoms with Gasteiger partial charge in [0.05, 0.1) is 6.04 Å². The third kappa shape index (κ3) is 12.3. The molecule has 184 valence electrons. The Morgan fingerprint density at radius 3 is 2.06 bits per heavy atom. The molecule has 0 aliphatic rings. The summed E-state index contributed by atoms with van der Waals surface area (Å²) in [5.74, 6) is -3.06. The van der Waals surface area contributed by atoms with Crippen LogP contribution in [0.5, 0.6) is 0 Å². The summed E-state index contributed by atoms with van der Waals surface area (Å²) in [7, 11) is 0. The number of nitrogens with one attached hydrogen (secondary N) is 3. The maximum absolute atomic E-state index is 12.7. The van der Waals surface area contributed by atoms with Gasteiger partial charge in [-0.1, -0.05) is 0 Å². The molecule has 14 heteroatoms. The van der Waals surface area contributed by atoms with E-state index < -0.39 is 47.9 Å². The number of rotatable bonds is 16. The first-order valence-electron chi connectivity index (χ1n) is 10.3. The second-order valence-electron chi connectivity index (χ2n) is 7.21. The number of amides is 3. The highest BCUT2D eigenvalue weighted by Crippen LogP contribution is 2.05. The number of hydrogen-bond donors (Lipinski definition) is 9. The zero-order valence-corrected chi connectivity index (χ0v) is 19.1. The van der Waals surface area contributed by atoms with Crippen molar-refractivity contribution in [2.75, 3.05) is 18.8 Å². The third-order valence-corrected chi connectivity index (χ3v) is 4.82. The molecule has 0 aromatic carbocycles. The minimum absolute atomic E-state index is 0.0927. The van der Waals surface area contributed by atoms with E-state index in [1.807, 2.05) is 0 Å². The number of unbranched alkanes of at least 4 members (excludes halogenated alkanes) is 1. The quantitative estimate of drug-likeness (QED) is 0.0476. The van der Waals surface area contributed by atoms with Crippen LogP contribution in [0.25, 0.3) is 0 Å². The minimum Gasteiger partial charge on any atom is -0.480 e. The van der Waals surface area contributed by atoms with Crippen LogP contribution in [0.15, 0.2) is 4.99 Å². The van der Waals surface area contributed by atoms with Crippen molar-refractivity contribution >= 4 is 42.3 Å². The summed E-state index contributed by atoms with van der Waals surface area (Å²) in [6.07, 6.45) is 1.81. The Kier molecular flexibility index (Phi) is 14.8. The Morgan fingerprint density at radius 2 is 1.53 bits per heavy atom. The van der Waals surface area contributed by atoms with Crippen molar-refractivity contribution in [3.63, 3.8) is 0 Å². The summed E-state index contributed by atoms with van der Waals surface area (Å²) in [4.78, 5) is 52.4. The SMILES string of the molecule is CC(NC(=O)C(N)CS)C(=O)NC(CCCCN)C(=O)NC(CCCN=C(N)N)C(=O)O. The van der Waals surface area contributed by atoms with E-state index in [4.69, 9.17) is 22.9 Å². The van der Waals surface area contributed by atoms with E-state index in [1.54, 1.807) is 0 Å². The molecule has 0 aliphatic carbocycles. The molecule has 13 nitrogen and oxygen atoms in total. The van der Waals surface area contributed by atoms with E-state index in [-0.39, 0.29) is 31.1 Å². The van der Waals surface area contributed by atoms with Gasteiger partial charge in [-0.15, -0.1) is 0 Å². The van der Waals surface area contributed by atoms with Gasteiger partial charge in [-0.05, 0) is 45.6 Å². The fourth-order valence-corrected chi connectivity index (χ4v) is 2.73. The van der Waals surface area contributed by atoms with Gasteiger partial charge >= 0.3 is 5.97 Å². The molecule has 4 unspecified atom stereocenters. The Hall–Kier alpha value is -2.58. The number of carbonyl (C=O) groups excluding carboxylic acids is 3. The van der Waals surface area contributed by atoms with Gasteiger partial charge in [-0.25, -0.2) is 4.79 Å². The first-order chi connectivity index (χ1) is 15.0. The normalized spacial score (nSPS) is 14.4. The van der Waals surface area contributed by atoms with Crippen molar-refractivity contribution in [3.05, 3.63) is 0 Å². The number of nitrogens with zero attached hydrogens (tertiary/aromatic N) is 1. The summed E-state index contributed by atoms with van der Waals surface area (Å²) >= 11 is 3.93. The van der Waals surface area contributed by atoms with Gasteiger partial charge in [0.1, 0.15) is 18.1 Å². The van der Waals surface area contributed by atoms with Crippen LogP contribution in [-0.4, -0.2) is 77.8 Å². The van der Waals surface area contributed by atoms with Crippen molar-refractivity contribution < 1.29 is 24.3 Å². The lowest BCUT2D eigenvalue weighted by molar-refractivity contribution is -0.142. The summed E-state index contributed by atoms with van der Waals surface area (Å²) in [6.45, 7) is 2.06. The fourth-order valence-electron chi connectivity index (χ4n) is 2.56. The van der Waals surface area contributed by atoms with Gasteiger partial charge < -0.3 is 44.0 Å². The number of guanidine groups is 1. The fraction of sp³-hybridized carbons (Fsp3) is 0.722. The molecule has 0 saturated carbocycles. The topological polar surface area (TPSA) is 241 Å².